The van der Waals surface area contributed by atoms with Gasteiger partial charge in [0.15, 0.2) is 0 Å². The van der Waals surface area contributed by atoms with Crippen molar-refractivity contribution in [2.45, 2.75) is 20.3 Å². The molecular formula is C18H15Cl2NO. The summed E-state index contributed by atoms with van der Waals surface area (Å²) in [5.74, 6) is 0. The number of hydrogen-bond donors (Lipinski definition) is 1. The van der Waals surface area contributed by atoms with Gasteiger partial charge in [0.2, 0.25) is 0 Å². The van der Waals surface area contributed by atoms with Crippen molar-refractivity contribution in [3.63, 3.8) is 0 Å². The second-order valence-corrected chi connectivity index (χ2v) is 6.33. The zero-order valence-electron chi connectivity index (χ0n) is 12.3. The molecule has 0 spiro atoms. The van der Waals surface area contributed by atoms with E-state index in [0.717, 1.165) is 39.1 Å². The Morgan fingerprint density at radius 2 is 1.77 bits per heavy atom. The summed E-state index contributed by atoms with van der Waals surface area (Å²) in [6, 6.07) is 9.77. The zero-order valence-corrected chi connectivity index (χ0v) is 13.8. The van der Waals surface area contributed by atoms with Gasteiger partial charge >= 0.3 is 0 Å². The van der Waals surface area contributed by atoms with Gasteiger partial charge in [0.1, 0.15) is 0 Å². The van der Waals surface area contributed by atoms with E-state index in [1.165, 1.54) is 0 Å². The molecular weight excluding hydrogens is 317 g/mol. The zero-order chi connectivity index (χ0) is 15.9. The number of benzene rings is 2. The lowest BCUT2D eigenvalue weighted by Gasteiger charge is -2.14. The highest BCUT2D eigenvalue weighted by molar-refractivity contribution is 6.35. The molecule has 1 heterocycles. The predicted octanol–water partition coefficient (Wildman–Crippen LogP) is 5.04. The number of aryl methyl sites for hydroxylation is 2. The van der Waals surface area contributed by atoms with Crippen molar-refractivity contribution in [3.8, 4) is 0 Å². The Morgan fingerprint density at radius 3 is 2.45 bits per heavy atom. The number of aromatic nitrogens is 1. The Bertz CT molecular complexity index is 911. The minimum Gasteiger partial charge on any atom is -0.327 e. The van der Waals surface area contributed by atoms with E-state index in [1.54, 1.807) is 6.20 Å². The van der Waals surface area contributed by atoms with Gasteiger partial charge in [0.25, 0.3) is 5.56 Å². The minimum absolute atomic E-state index is 0.103. The van der Waals surface area contributed by atoms with Gasteiger partial charge < -0.3 is 4.98 Å². The molecule has 0 amide bonds. The van der Waals surface area contributed by atoms with Gasteiger partial charge in [-0.1, -0.05) is 35.3 Å². The number of nitrogens with one attached hydrogen (secondary N) is 1. The second kappa shape index (κ2) is 5.79. The fourth-order valence-corrected chi connectivity index (χ4v) is 3.19. The van der Waals surface area contributed by atoms with Crippen LogP contribution in [-0.4, -0.2) is 4.98 Å². The van der Waals surface area contributed by atoms with Crippen LogP contribution in [0.1, 0.15) is 22.3 Å². The molecule has 3 aromatic rings. The molecule has 2 aromatic carbocycles. The largest absolute Gasteiger partial charge is 0.327 e. The fraction of sp³-hybridized carbons (Fsp3) is 0.167. The first-order chi connectivity index (χ1) is 10.5. The Labute approximate surface area is 138 Å². The number of pyridine rings is 1. The van der Waals surface area contributed by atoms with E-state index in [2.05, 4.69) is 11.9 Å². The molecule has 1 N–H and O–H groups in total. The predicted molar refractivity (Wildman–Crippen MR) is 93.3 cm³/mol. The third-order valence-corrected chi connectivity index (χ3v) is 4.61. The number of hydrogen-bond acceptors (Lipinski definition) is 1. The summed E-state index contributed by atoms with van der Waals surface area (Å²) in [4.78, 5) is 14.9. The summed E-state index contributed by atoms with van der Waals surface area (Å²) < 4.78 is 0. The molecule has 0 aliphatic heterocycles. The molecule has 1 aromatic heterocycles. The highest BCUT2D eigenvalue weighted by atomic mass is 35.5. The number of H-pyrrole nitrogens is 1. The van der Waals surface area contributed by atoms with E-state index >= 15 is 0 Å². The number of fused-ring (bicyclic) bond motifs is 1. The maximum atomic E-state index is 12.2. The van der Waals surface area contributed by atoms with Crippen LogP contribution in [0.25, 0.3) is 10.8 Å². The fourth-order valence-electron chi connectivity index (χ4n) is 2.86. The van der Waals surface area contributed by atoms with Crippen LogP contribution >= 0.6 is 23.2 Å². The number of aromatic amines is 1. The van der Waals surface area contributed by atoms with Crippen molar-refractivity contribution in [2.24, 2.45) is 0 Å². The number of rotatable bonds is 2. The summed E-state index contributed by atoms with van der Waals surface area (Å²) in [7, 11) is 0. The van der Waals surface area contributed by atoms with Crippen LogP contribution < -0.4 is 5.56 Å². The third-order valence-electron chi connectivity index (χ3n) is 4.04. The Morgan fingerprint density at radius 1 is 1.09 bits per heavy atom. The average Bonchev–Trinajstić information content (AvgIpc) is 2.49. The molecule has 0 aliphatic rings. The van der Waals surface area contributed by atoms with E-state index in [4.69, 9.17) is 23.2 Å². The van der Waals surface area contributed by atoms with Crippen molar-refractivity contribution >= 4 is 34.0 Å². The van der Waals surface area contributed by atoms with E-state index in [1.807, 2.05) is 37.3 Å². The molecule has 2 nitrogen and oxygen atoms in total. The normalized spacial score (nSPS) is 11.1. The van der Waals surface area contributed by atoms with E-state index in [0.29, 0.717) is 10.4 Å². The third kappa shape index (κ3) is 2.65. The van der Waals surface area contributed by atoms with E-state index in [-0.39, 0.29) is 5.56 Å². The van der Waals surface area contributed by atoms with Gasteiger partial charge in [-0.3, -0.25) is 4.79 Å². The molecule has 112 valence electrons. The molecule has 22 heavy (non-hydrogen) atoms. The van der Waals surface area contributed by atoms with Crippen molar-refractivity contribution < 1.29 is 0 Å². The van der Waals surface area contributed by atoms with Gasteiger partial charge in [-0.25, -0.2) is 0 Å². The summed E-state index contributed by atoms with van der Waals surface area (Å²) in [6.07, 6.45) is 2.31. The summed E-state index contributed by atoms with van der Waals surface area (Å²) in [5.41, 5.74) is 4.33. The molecule has 0 radical (unpaired) electrons. The first kappa shape index (κ1) is 15.1. The number of halogens is 2. The molecule has 0 saturated carbocycles. The SMILES string of the molecule is Cc1cc2c(Cl)c[nH]c(=O)c2c(C)c1Cc1ccc(Cl)cc1. The molecule has 0 unspecified atom stereocenters. The quantitative estimate of drug-likeness (QED) is 0.700. The maximum Gasteiger partial charge on any atom is 0.256 e. The lowest BCUT2D eigenvalue weighted by molar-refractivity contribution is 1.13. The summed E-state index contributed by atoms with van der Waals surface area (Å²) >= 11 is 12.2. The monoisotopic (exact) mass is 331 g/mol. The molecule has 0 atom stereocenters. The van der Waals surface area contributed by atoms with Crippen LogP contribution in [0.4, 0.5) is 0 Å². The van der Waals surface area contributed by atoms with Crippen molar-refractivity contribution in [1.82, 2.24) is 4.98 Å². The molecule has 0 saturated heterocycles. The highest BCUT2D eigenvalue weighted by Crippen LogP contribution is 2.29. The van der Waals surface area contributed by atoms with Gasteiger partial charge in [-0.15, -0.1) is 0 Å². The van der Waals surface area contributed by atoms with Gasteiger partial charge in [-0.2, -0.15) is 0 Å². The van der Waals surface area contributed by atoms with Crippen molar-refractivity contribution in [3.05, 3.63) is 79.2 Å². The summed E-state index contributed by atoms with van der Waals surface area (Å²) in [5, 5.41) is 2.76. The first-order valence-corrected chi connectivity index (χ1v) is 7.77. The van der Waals surface area contributed by atoms with Crippen LogP contribution in [-0.2, 0) is 6.42 Å². The highest BCUT2D eigenvalue weighted by Gasteiger charge is 2.13. The average molecular weight is 332 g/mol. The molecule has 3 rings (SSSR count). The molecule has 0 aliphatic carbocycles. The minimum atomic E-state index is -0.103. The van der Waals surface area contributed by atoms with Crippen LogP contribution in [0.2, 0.25) is 10.0 Å². The summed E-state index contributed by atoms with van der Waals surface area (Å²) in [6.45, 7) is 4.03. The topological polar surface area (TPSA) is 32.9 Å². The van der Waals surface area contributed by atoms with Crippen molar-refractivity contribution in [2.75, 3.05) is 0 Å². The Kier molecular flexibility index (Phi) is 3.98. The smallest absolute Gasteiger partial charge is 0.256 e. The lowest BCUT2D eigenvalue weighted by atomic mass is 9.92. The van der Waals surface area contributed by atoms with Crippen LogP contribution in [0.5, 0.6) is 0 Å². The van der Waals surface area contributed by atoms with Gasteiger partial charge in [0.05, 0.1) is 10.4 Å². The maximum absolute atomic E-state index is 12.2. The van der Waals surface area contributed by atoms with Crippen LogP contribution in [0.15, 0.2) is 41.3 Å². The van der Waals surface area contributed by atoms with E-state index < -0.39 is 0 Å². The van der Waals surface area contributed by atoms with E-state index in [9.17, 15) is 4.79 Å². The Hall–Kier alpha value is -1.77. The molecule has 4 heteroatoms. The molecule has 0 bridgehead atoms. The van der Waals surface area contributed by atoms with Gasteiger partial charge in [-0.05, 0) is 60.7 Å². The van der Waals surface area contributed by atoms with Crippen molar-refractivity contribution in [1.29, 1.82) is 0 Å². The van der Waals surface area contributed by atoms with Crippen LogP contribution in [0, 0.1) is 13.8 Å². The van der Waals surface area contributed by atoms with Gasteiger partial charge in [0, 0.05) is 16.6 Å². The standard InChI is InChI=1S/C18H15Cl2NO/c1-10-7-15-16(20)9-21-18(22)17(15)11(2)14(10)8-12-3-5-13(19)6-4-12/h3-7,9H,8H2,1-2H3,(H,21,22). The Balaban J connectivity index is 2.20. The first-order valence-electron chi connectivity index (χ1n) is 7.02. The van der Waals surface area contributed by atoms with Crippen LogP contribution in [0.3, 0.4) is 0 Å². The lowest BCUT2D eigenvalue weighted by Crippen LogP contribution is -2.09. The second-order valence-electron chi connectivity index (χ2n) is 5.49. The molecule has 0 fully saturated rings.